The normalized spacial score (nSPS) is 12.5. The van der Waals surface area contributed by atoms with E-state index in [0.717, 1.165) is 0 Å². The van der Waals surface area contributed by atoms with Crippen LogP contribution in [0.3, 0.4) is 0 Å². The Hall–Kier alpha value is -1.62. The number of halogens is 2. The van der Waals surface area contributed by atoms with E-state index in [2.05, 4.69) is 10.2 Å². The van der Waals surface area contributed by atoms with E-state index < -0.39 is 11.2 Å². The monoisotopic (exact) mass is 256 g/mol. The minimum atomic E-state index is -0.484. The molecular formula is C11H10ClFN2O2. The molecule has 1 heterocycles. The third kappa shape index (κ3) is 2.24. The first-order valence-electron chi connectivity index (χ1n) is 4.94. The van der Waals surface area contributed by atoms with Gasteiger partial charge in [-0.05, 0) is 19.1 Å². The molecule has 17 heavy (non-hydrogen) atoms. The van der Waals surface area contributed by atoms with Crippen LogP contribution >= 0.6 is 11.6 Å². The van der Waals surface area contributed by atoms with Gasteiger partial charge in [0.2, 0.25) is 5.89 Å². The van der Waals surface area contributed by atoms with E-state index in [1.807, 2.05) is 0 Å². The molecule has 0 amide bonds. The molecule has 2 aromatic rings. The molecule has 0 aliphatic carbocycles. The Balaban J connectivity index is 2.51. The van der Waals surface area contributed by atoms with Crippen LogP contribution in [-0.2, 0) is 0 Å². The second-order valence-corrected chi connectivity index (χ2v) is 4.03. The zero-order chi connectivity index (χ0) is 12.4. The second kappa shape index (κ2) is 4.71. The van der Waals surface area contributed by atoms with E-state index in [1.54, 1.807) is 19.1 Å². The Bertz CT molecular complexity index is 528. The highest BCUT2D eigenvalue weighted by Gasteiger charge is 2.19. The van der Waals surface area contributed by atoms with Crippen molar-refractivity contribution in [2.24, 2.45) is 0 Å². The molecule has 0 fully saturated rings. The summed E-state index contributed by atoms with van der Waals surface area (Å²) in [5.74, 6) is 0.152. The number of methoxy groups -OCH3 is 1. The number of aromatic nitrogens is 2. The van der Waals surface area contributed by atoms with Crippen LogP contribution in [-0.4, -0.2) is 17.3 Å². The third-order valence-corrected chi connectivity index (χ3v) is 2.38. The van der Waals surface area contributed by atoms with Crippen LogP contribution in [0.5, 0.6) is 5.75 Å². The third-order valence-electron chi connectivity index (χ3n) is 2.19. The summed E-state index contributed by atoms with van der Waals surface area (Å²) in [5.41, 5.74) is 0.145. The fourth-order valence-electron chi connectivity index (χ4n) is 1.38. The molecule has 0 bridgehead atoms. The van der Waals surface area contributed by atoms with Gasteiger partial charge in [0.1, 0.15) is 22.5 Å². The molecule has 90 valence electrons. The summed E-state index contributed by atoms with van der Waals surface area (Å²) in [7, 11) is 1.44. The van der Waals surface area contributed by atoms with Gasteiger partial charge >= 0.3 is 0 Å². The largest absolute Gasteiger partial charge is 0.496 e. The minimum Gasteiger partial charge on any atom is -0.496 e. The van der Waals surface area contributed by atoms with E-state index in [-0.39, 0.29) is 17.3 Å². The quantitative estimate of drug-likeness (QED) is 0.792. The van der Waals surface area contributed by atoms with Gasteiger partial charge in [0, 0.05) is 0 Å². The first kappa shape index (κ1) is 11.9. The molecule has 0 N–H and O–H groups in total. The summed E-state index contributed by atoms with van der Waals surface area (Å²) in [5, 5.41) is 7.07. The Morgan fingerprint density at radius 1 is 1.41 bits per heavy atom. The molecule has 1 unspecified atom stereocenters. The Labute approximate surface area is 102 Å². The molecule has 0 saturated heterocycles. The Kier molecular flexibility index (Phi) is 3.28. The molecule has 6 heteroatoms. The average Bonchev–Trinajstić information content (AvgIpc) is 2.77. The summed E-state index contributed by atoms with van der Waals surface area (Å²) in [6.07, 6.45) is 0. The van der Waals surface area contributed by atoms with Crippen LogP contribution in [0.1, 0.15) is 18.2 Å². The first-order chi connectivity index (χ1) is 8.13. The van der Waals surface area contributed by atoms with Gasteiger partial charge in [0.25, 0.3) is 5.89 Å². The van der Waals surface area contributed by atoms with Crippen molar-refractivity contribution in [1.29, 1.82) is 0 Å². The lowest BCUT2D eigenvalue weighted by molar-refractivity contribution is 0.409. The molecular weight excluding hydrogens is 247 g/mol. The maximum Gasteiger partial charge on any atom is 0.254 e. The zero-order valence-electron chi connectivity index (χ0n) is 9.28. The summed E-state index contributed by atoms with van der Waals surface area (Å²) in [6, 6.07) is 4.46. The van der Waals surface area contributed by atoms with Gasteiger partial charge in [0.05, 0.1) is 7.11 Å². The maximum atomic E-state index is 13.7. The molecule has 0 spiro atoms. The summed E-state index contributed by atoms with van der Waals surface area (Å²) >= 11 is 5.80. The van der Waals surface area contributed by atoms with E-state index in [4.69, 9.17) is 20.8 Å². The molecule has 0 radical (unpaired) electrons. The van der Waals surface area contributed by atoms with E-state index in [0.29, 0.717) is 5.75 Å². The van der Waals surface area contributed by atoms with Gasteiger partial charge in [0.15, 0.2) is 0 Å². The van der Waals surface area contributed by atoms with Gasteiger partial charge in [-0.1, -0.05) is 6.07 Å². The van der Waals surface area contributed by atoms with Crippen LogP contribution in [0.2, 0.25) is 0 Å². The first-order valence-corrected chi connectivity index (χ1v) is 5.37. The van der Waals surface area contributed by atoms with Crippen LogP contribution in [0.15, 0.2) is 22.6 Å². The molecule has 4 nitrogen and oxygen atoms in total. The van der Waals surface area contributed by atoms with Crippen molar-refractivity contribution in [2.75, 3.05) is 7.11 Å². The van der Waals surface area contributed by atoms with Crippen molar-refractivity contribution in [3.63, 3.8) is 0 Å². The molecule has 0 saturated carbocycles. The highest BCUT2D eigenvalue weighted by atomic mass is 35.5. The fourth-order valence-corrected chi connectivity index (χ4v) is 1.47. The number of hydrogen-bond acceptors (Lipinski definition) is 4. The molecule has 0 aliphatic rings. The highest BCUT2D eigenvalue weighted by molar-refractivity contribution is 6.20. The molecule has 2 rings (SSSR count). The lowest BCUT2D eigenvalue weighted by Gasteiger charge is -2.05. The molecule has 1 aromatic heterocycles. The number of hydrogen-bond donors (Lipinski definition) is 0. The van der Waals surface area contributed by atoms with Crippen molar-refractivity contribution in [2.45, 2.75) is 12.3 Å². The topological polar surface area (TPSA) is 48.2 Å². The summed E-state index contributed by atoms with van der Waals surface area (Å²) < 4.78 is 24.0. The number of benzene rings is 1. The summed E-state index contributed by atoms with van der Waals surface area (Å²) in [4.78, 5) is 0. The van der Waals surface area contributed by atoms with Gasteiger partial charge in [-0.25, -0.2) is 4.39 Å². The molecule has 1 aromatic carbocycles. The zero-order valence-corrected chi connectivity index (χ0v) is 10.0. The SMILES string of the molecule is COc1cccc(F)c1-c1nnc(C(C)Cl)o1. The Morgan fingerprint density at radius 2 is 2.18 bits per heavy atom. The average molecular weight is 257 g/mol. The fraction of sp³-hybridized carbons (Fsp3) is 0.273. The predicted molar refractivity (Wildman–Crippen MR) is 60.5 cm³/mol. The second-order valence-electron chi connectivity index (χ2n) is 3.38. The minimum absolute atomic E-state index is 0.0578. The van der Waals surface area contributed by atoms with Gasteiger partial charge in [-0.3, -0.25) is 0 Å². The van der Waals surface area contributed by atoms with E-state index in [9.17, 15) is 4.39 Å². The number of rotatable bonds is 3. The number of alkyl halides is 1. The van der Waals surface area contributed by atoms with Gasteiger partial charge < -0.3 is 9.15 Å². The summed E-state index contributed by atoms with van der Waals surface area (Å²) in [6.45, 7) is 1.69. The number of ether oxygens (including phenoxy) is 1. The molecule has 0 aliphatic heterocycles. The lowest BCUT2D eigenvalue weighted by atomic mass is 10.2. The smallest absolute Gasteiger partial charge is 0.254 e. The Morgan fingerprint density at radius 3 is 2.76 bits per heavy atom. The van der Waals surface area contributed by atoms with Crippen molar-refractivity contribution >= 4 is 11.6 Å². The van der Waals surface area contributed by atoms with E-state index in [1.165, 1.54) is 13.2 Å². The van der Waals surface area contributed by atoms with Crippen LogP contribution < -0.4 is 4.74 Å². The predicted octanol–water partition coefficient (Wildman–Crippen LogP) is 3.18. The maximum absolute atomic E-state index is 13.7. The molecule has 1 atom stereocenters. The van der Waals surface area contributed by atoms with Gasteiger partial charge in [-0.15, -0.1) is 21.8 Å². The van der Waals surface area contributed by atoms with Crippen LogP contribution in [0.25, 0.3) is 11.5 Å². The van der Waals surface area contributed by atoms with Crippen molar-refractivity contribution in [3.05, 3.63) is 29.9 Å². The number of nitrogens with zero attached hydrogens (tertiary/aromatic N) is 2. The highest BCUT2D eigenvalue weighted by Crippen LogP contribution is 2.32. The van der Waals surface area contributed by atoms with Gasteiger partial charge in [-0.2, -0.15) is 0 Å². The van der Waals surface area contributed by atoms with Crippen molar-refractivity contribution < 1.29 is 13.5 Å². The van der Waals surface area contributed by atoms with Crippen molar-refractivity contribution in [3.8, 4) is 17.2 Å². The lowest BCUT2D eigenvalue weighted by Crippen LogP contribution is -1.91. The standard InChI is InChI=1S/C11H10ClFN2O2/c1-6(12)10-14-15-11(17-10)9-7(13)4-3-5-8(9)16-2/h3-6H,1-2H3. The van der Waals surface area contributed by atoms with Crippen LogP contribution in [0.4, 0.5) is 4.39 Å². The van der Waals surface area contributed by atoms with Crippen LogP contribution in [0, 0.1) is 5.82 Å². The van der Waals surface area contributed by atoms with Crippen molar-refractivity contribution in [1.82, 2.24) is 10.2 Å². The van der Waals surface area contributed by atoms with E-state index >= 15 is 0 Å².